The number of hydrogen-bond donors (Lipinski definition) is 1. The molecule has 0 saturated carbocycles. The monoisotopic (exact) mass is 363 g/mol. The van der Waals surface area contributed by atoms with E-state index in [2.05, 4.69) is 42.1 Å². The van der Waals surface area contributed by atoms with Gasteiger partial charge in [0, 0.05) is 8.95 Å². The molecule has 0 atom stereocenters. The van der Waals surface area contributed by atoms with Gasteiger partial charge in [0.15, 0.2) is 5.17 Å². The number of benzene rings is 1. The molecule has 16 heavy (non-hydrogen) atoms. The lowest BCUT2D eigenvalue weighted by Gasteiger charge is -1.96. The van der Waals surface area contributed by atoms with Crippen LogP contribution in [-0.2, 0) is 0 Å². The predicted molar refractivity (Wildman–Crippen MR) is 79.2 cm³/mol. The van der Waals surface area contributed by atoms with Crippen molar-refractivity contribution in [3.05, 3.63) is 32.7 Å². The molecule has 0 aliphatic rings. The molecule has 1 aromatic rings. The Bertz CT molecular complexity index is 398. The molecular weight excluding hydrogens is 354 g/mol. The molecule has 0 spiro atoms. The minimum Gasteiger partial charge on any atom is -0.377 e. The third kappa shape index (κ3) is 5.14. The average Bonchev–Trinajstić information content (AvgIpc) is 2.16. The van der Waals surface area contributed by atoms with Gasteiger partial charge >= 0.3 is 0 Å². The Morgan fingerprint density at radius 3 is 2.56 bits per heavy atom. The van der Waals surface area contributed by atoms with E-state index in [1.54, 1.807) is 6.21 Å². The van der Waals surface area contributed by atoms with E-state index >= 15 is 0 Å². The standard InChI is InChI=1S/C10H11Br2N3S/c1-2-16-10(13)15-14-6-7-3-8(11)5-9(12)4-7/h3-6H,2H2,1H3,(H2,13,15)/b14-6+. The summed E-state index contributed by atoms with van der Waals surface area (Å²) in [7, 11) is 0. The van der Waals surface area contributed by atoms with Gasteiger partial charge in [0.1, 0.15) is 0 Å². The number of nitrogens with zero attached hydrogens (tertiary/aromatic N) is 2. The first-order chi connectivity index (χ1) is 7.61. The smallest absolute Gasteiger partial charge is 0.180 e. The third-order valence-electron chi connectivity index (χ3n) is 1.54. The maximum Gasteiger partial charge on any atom is 0.180 e. The van der Waals surface area contributed by atoms with Gasteiger partial charge in [-0.2, -0.15) is 5.10 Å². The zero-order chi connectivity index (χ0) is 12.0. The highest BCUT2D eigenvalue weighted by atomic mass is 79.9. The van der Waals surface area contributed by atoms with Crippen molar-refractivity contribution in [3.63, 3.8) is 0 Å². The molecule has 0 heterocycles. The molecule has 0 amide bonds. The van der Waals surface area contributed by atoms with Crippen LogP contribution in [0.5, 0.6) is 0 Å². The third-order valence-corrected chi connectivity index (χ3v) is 3.12. The van der Waals surface area contributed by atoms with Gasteiger partial charge in [-0.15, -0.1) is 5.10 Å². The van der Waals surface area contributed by atoms with Gasteiger partial charge in [-0.05, 0) is 29.5 Å². The number of amidine groups is 1. The number of nitrogens with two attached hydrogens (primary N) is 1. The lowest BCUT2D eigenvalue weighted by Crippen LogP contribution is -2.05. The summed E-state index contributed by atoms with van der Waals surface area (Å²) in [6.07, 6.45) is 1.67. The van der Waals surface area contributed by atoms with Crippen LogP contribution in [0.3, 0.4) is 0 Å². The maximum atomic E-state index is 5.59. The van der Waals surface area contributed by atoms with Crippen molar-refractivity contribution >= 4 is 55.0 Å². The molecule has 0 aliphatic carbocycles. The fraction of sp³-hybridized carbons (Fsp3) is 0.200. The zero-order valence-electron chi connectivity index (χ0n) is 8.65. The fourth-order valence-electron chi connectivity index (χ4n) is 0.979. The van der Waals surface area contributed by atoms with Gasteiger partial charge in [0.25, 0.3) is 0 Å². The van der Waals surface area contributed by atoms with Crippen molar-refractivity contribution in [1.29, 1.82) is 0 Å². The van der Waals surface area contributed by atoms with Crippen molar-refractivity contribution < 1.29 is 0 Å². The minimum absolute atomic E-state index is 0.479. The van der Waals surface area contributed by atoms with E-state index < -0.39 is 0 Å². The van der Waals surface area contributed by atoms with E-state index in [-0.39, 0.29) is 0 Å². The Labute approximate surface area is 116 Å². The topological polar surface area (TPSA) is 50.7 Å². The largest absolute Gasteiger partial charge is 0.377 e. The summed E-state index contributed by atoms with van der Waals surface area (Å²) in [5.41, 5.74) is 6.55. The Kier molecular flexibility index (Phi) is 6.08. The summed E-state index contributed by atoms with van der Waals surface area (Å²) >= 11 is 8.27. The highest BCUT2D eigenvalue weighted by Crippen LogP contribution is 2.19. The summed E-state index contributed by atoms with van der Waals surface area (Å²) in [6, 6.07) is 5.86. The second-order valence-corrected chi connectivity index (χ2v) is 5.93. The molecule has 0 unspecified atom stereocenters. The van der Waals surface area contributed by atoms with E-state index in [0.29, 0.717) is 5.17 Å². The van der Waals surface area contributed by atoms with Crippen molar-refractivity contribution in [2.24, 2.45) is 15.9 Å². The summed E-state index contributed by atoms with van der Waals surface area (Å²) < 4.78 is 1.98. The fourth-order valence-corrected chi connectivity index (χ4v) is 2.71. The molecule has 0 fully saturated rings. The van der Waals surface area contributed by atoms with Crippen LogP contribution < -0.4 is 5.73 Å². The average molecular weight is 365 g/mol. The second-order valence-electron chi connectivity index (χ2n) is 2.82. The Hall–Kier alpha value is -0.330. The number of thioether (sulfide) groups is 1. The molecular formula is C10H11Br2N3S. The van der Waals surface area contributed by atoms with Crippen LogP contribution >= 0.6 is 43.6 Å². The zero-order valence-corrected chi connectivity index (χ0v) is 12.6. The Balaban J connectivity index is 2.73. The lowest BCUT2D eigenvalue weighted by atomic mass is 10.2. The molecule has 1 rings (SSSR count). The van der Waals surface area contributed by atoms with E-state index in [9.17, 15) is 0 Å². The molecule has 0 radical (unpaired) electrons. The molecule has 86 valence electrons. The molecule has 3 nitrogen and oxygen atoms in total. The number of hydrogen-bond acceptors (Lipinski definition) is 3. The van der Waals surface area contributed by atoms with E-state index in [0.717, 1.165) is 20.3 Å². The van der Waals surface area contributed by atoms with E-state index in [4.69, 9.17) is 5.73 Å². The van der Waals surface area contributed by atoms with Crippen LogP contribution in [0.25, 0.3) is 0 Å². The summed E-state index contributed by atoms with van der Waals surface area (Å²) in [5, 5.41) is 8.26. The molecule has 1 aromatic carbocycles. The van der Waals surface area contributed by atoms with Gasteiger partial charge in [0.2, 0.25) is 0 Å². The van der Waals surface area contributed by atoms with Gasteiger partial charge in [0.05, 0.1) is 6.21 Å². The Morgan fingerprint density at radius 2 is 2.00 bits per heavy atom. The van der Waals surface area contributed by atoms with Crippen LogP contribution in [0.15, 0.2) is 37.3 Å². The van der Waals surface area contributed by atoms with Crippen LogP contribution in [0.4, 0.5) is 0 Å². The van der Waals surface area contributed by atoms with Gasteiger partial charge < -0.3 is 5.73 Å². The van der Waals surface area contributed by atoms with Crippen LogP contribution in [-0.4, -0.2) is 17.1 Å². The van der Waals surface area contributed by atoms with Crippen molar-refractivity contribution in [2.75, 3.05) is 5.75 Å². The number of halogens is 2. The van der Waals surface area contributed by atoms with Crippen LogP contribution in [0, 0.1) is 0 Å². The summed E-state index contributed by atoms with van der Waals surface area (Å²) in [6.45, 7) is 2.02. The summed E-state index contributed by atoms with van der Waals surface area (Å²) in [5.74, 6) is 0.896. The second kappa shape index (κ2) is 7.09. The van der Waals surface area contributed by atoms with Gasteiger partial charge in [-0.25, -0.2) is 0 Å². The van der Waals surface area contributed by atoms with Crippen molar-refractivity contribution in [2.45, 2.75) is 6.92 Å². The molecule has 2 N–H and O–H groups in total. The first-order valence-electron chi connectivity index (χ1n) is 4.57. The maximum absolute atomic E-state index is 5.59. The number of rotatable bonds is 3. The normalized spacial score (nSPS) is 12.3. The molecule has 6 heteroatoms. The first-order valence-corrected chi connectivity index (χ1v) is 7.14. The van der Waals surface area contributed by atoms with Gasteiger partial charge in [-0.3, -0.25) is 0 Å². The highest BCUT2D eigenvalue weighted by molar-refractivity contribution is 9.11. The molecule has 0 aromatic heterocycles. The van der Waals surface area contributed by atoms with E-state index in [1.807, 2.05) is 25.1 Å². The molecule has 0 bridgehead atoms. The first kappa shape index (κ1) is 13.7. The lowest BCUT2D eigenvalue weighted by molar-refractivity contribution is 1.25. The van der Waals surface area contributed by atoms with Gasteiger partial charge in [-0.1, -0.05) is 50.5 Å². The quantitative estimate of drug-likeness (QED) is 0.506. The molecule has 0 aliphatic heterocycles. The minimum atomic E-state index is 0.479. The van der Waals surface area contributed by atoms with Crippen molar-refractivity contribution in [1.82, 2.24) is 0 Å². The van der Waals surface area contributed by atoms with E-state index in [1.165, 1.54) is 11.8 Å². The van der Waals surface area contributed by atoms with Crippen LogP contribution in [0.2, 0.25) is 0 Å². The predicted octanol–water partition coefficient (Wildman–Crippen LogP) is 3.61. The Morgan fingerprint density at radius 1 is 1.38 bits per heavy atom. The molecule has 0 saturated heterocycles. The van der Waals surface area contributed by atoms with Crippen LogP contribution in [0.1, 0.15) is 12.5 Å². The summed E-state index contributed by atoms with van der Waals surface area (Å²) in [4.78, 5) is 0. The van der Waals surface area contributed by atoms with Crippen molar-refractivity contribution in [3.8, 4) is 0 Å². The SMILES string of the molecule is CCS/C(N)=N/N=C/c1cc(Br)cc(Br)c1. The highest BCUT2D eigenvalue weighted by Gasteiger charge is 1.94.